The monoisotopic (exact) mass is 317 g/mol. The first-order valence-corrected chi connectivity index (χ1v) is 6.62. The second-order valence-corrected chi connectivity index (χ2v) is 5.64. The summed E-state index contributed by atoms with van der Waals surface area (Å²) < 4.78 is 26.5. The summed E-state index contributed by atoms with van der Waals surface area (Å²) in [5.41, 5.74) is 7.48. The van der Waals surface area contributed by atoms with Crippen LogP contribution in [-0.4, -0.2) is 0 Å². The SMILES string of the molecule is Cc1cc(C(N)c2ccc(F)c(F)c2Br)cs1. The average Bonchev–Trinajstić information content (AvgIpc) is 2.72. The molecule has 1 aromatic carbocycles. The van der Waals surface area contributed by atoms with Crippen LogP contribution in [0.4, 0.5) is 8.78 Å². The van der Waals surface area contributed by atoms with Crippen molar-refractivity contribution in [3.05, 3.63) is 55.7 Å². The number of rotatable bonds is 2. The van der Waals surface area contributed by atoms with Crippen LogP contribution in [0.2, 0.25) is 0 Å². The van der Waals surface area contributed by atoms with Gasteiger partial charge in [-0.15, -0.1) is 11.3 Å². The standard InChI is InChI=1S/C12H10BrF2NS/c1-6-4-7(5-17-6)12(16)8-2-3-9(14)11(15)10(8)13/h2-5,12H,16H2,1H3. The molecule has 0 radical (unpaired) electrons. The number of nitrogens with two attached hydrogens (primary N) is 1. The largest absolute Gasteiger partial charge is 0.320 e. The average molecular weight is 318 g/mol. The maximum atomic E-state index is 13.4. The van der Waals surface area contributed by atoms with E-state index in [0.717, 1.165) is 16.5 Å². The minimum absolute atomic E-state index is 0.0915. The van der Waals surface area contributed by atoms with Crippen LogP contribution in [0, 0.1) is 18.6 Å². The van der Waals surface area contributed by atoms with Crippen LogP contribution in [-0.2, 0) is 0 Å². The van der Waals surface area contributed by atoms with Crippen molar-refractivity contribution >= 4 is 27.3 Å². The molecule has 0 saturated carbocycles. The number of halogens is 3. The fourth-order valence-electron chi connectivity index (χ4n) is 1.59. The molecule has 0 amide bonds. The fourth-order valence-corrected chi connectivity index (χ4v) is 2.90. The highest BCUT2D eigenvalue weighted by Crippen LogP contribution is 2.31. The highest BCUT2D eigenvalue weighted by molar-refractivity contribution is 9.10. The highest BCUT2D eigenvalue weighted by atomic mass is 79.9. The first kappa shape index (κ1) is 12.7. The maximum Gasteiger partial charge on any atom is 0.173 e. The molecular weight excluding hydrogens is 308 g/mol. The summed E-state index contributed by atoms with van der Waals surface area (Å²) in [6.07, 6.45) is 0. The minimum Gasteiger partial charge on any atom is -0.320 e. The van der Waals surface area contributed by atoms with Crippen molar-refractivity contribution in [3.8, 4) is 0 Å². The van der Waals surface area contributed by atoms with Crippen LogP contribution in [0.3, 0.4) is 0 Å². The summed E-state index contributed by atoms with van der Waals surface area (Å²) in [4.78, 5) is 1.13. The fraction of sp³-hybridized carbons (Fsp3) is 0.167. The lowest BCUT2D eigenvalue weighted by atomic mass is 10.0. The highest BCUT2D eigenvalue weighted by Gasteiger charge is 2.18. The second kappa shape index (κ2) is 4.84. The molecule has 0 spiro atoms. The molecule has 0 bridgehead atoms. The lowest BCUT2D eigenvalue weighted by molar-refractivity contribution is 0.501. The smallest absolute Gasteiger partial charge is 0.173 e. The van der Waals surface area contributed by atoms with E-state index < -0.39 is 17.7 Å². The predicted molar refractivity (Wildman–Crippen MR) is 69.1 cm³/mol. The molecule has 17 heavy (non-hydrogen) atoms. The van der Waals surface area contributed by atoms with Crippen LogP contribution >= 0.6 is 27.3 Å². The number of hydrogen-bond acceptors (Lipinski definition) is 2. The Hall–Kier alpha value is -0.780. The van der Waals surface area contributed by atoms with Crippen molar-refractivity contribution in [2.24, 2.45) is 5.73 Å². The molecule has 1 nitrogen and oxygen atoms in total. The van der Waals surface area contributed by atoms with Crippen LogP contribution in [0.15, 0.2) is 28.1 Å². The van der Waals surface area contributed by atoms with Gasteiger partial charge in [-0.05, 0) is 51.5 Å². The van der Waals surface area contributed by atoms with Crippen molar-refractivity contribution in [3.63, 3.8) is 0 Å². The third-order valence-electron chi connectivity index (χ3n) is 2.51. The topological polar surface area (TPSA) is 26.0 Å². The molecule has 0 saturated heterocycles. The quantitative estimate of drug-likeness (QED) is 0.827. The van der Waals surface area contributed by atoms with Gasteiger partial charge in [-0.2, -0.15) is 0 Å². The molecule has 0 aliphatic carbocycles. The Morgan fingerprint density at radius 1 is 1.35 bits per heavy atom. The summed E-state index contributed by atoms with van der Waals surface area (Å²) in [5, 5.41) is 1.92. The van der Waals surface area contributed by atoms with E-state index in [9.17, 15) is 8.78 Å². The van der Waals surface area contributed by atoms with E-state index in [0.29, 0.717) is 5.56 Å². The summed E-state index contributed by atoms with van der Waals surface area (Å²) in [6, 6.07) is 4.09. The van der Waals surface area contributed by atoms with Gasteiger partial charge in [0, 0.05) is 4.88 Å². The van der Waals surface area contributed by atoms with E-state index in [1.54, 1.807) is 11.3 Å². The number of benzene rings is 1. The summed E-state index contributed by atoms with van der Waals surface area (Å²) in [7, 11) is 0. The van der Waals surface area contributed by atoms with Crippen LogP contribution in [0.5, 0.6) is 0 Å². The van der Waals surface area contributed by atoms with Crippen LogP contribution in [0.25, 0.3) is 0 Å². The van der Waals surface area contributed by atoms with E-state index in [4.69, 9.17) is 5.73 Å². The minimum atomic E-state index is -0.898. The molecule has 0 aliphatic rings. The number of thiophene rings is 1. The van der Waals surface area contributed by atoms with E-state index in [2.05, 4.69) is 15.9 Å². The van der Waals surface area contributed by atoms with E-state index in [1.165, 1.54) is 6.07 Å². The molecule has 2 aromatic rings. The van der Waals surface area contributed by atoms with Gasteiger partial charge in [0.2, 0.25) is 0 Å². The van der Waals surface area contributed by atoms with E-state index >= 15 is 0 Å². The molecule has 2 rings (SSSR count). The normalized spacial score (nSPS) is 12.8. The number of hydrogen-bond donors (Lipinski definition) is 1. The summed E-state index contributed by atoms with van der Waals surface area (Å²) in [5.74, 6) is -1.78. The zero-order chi connectivity index (χ0) is 12.6. The van der Waals surface area contributed by atoms with Gasteiger partial charge in [0.15, 0.2) is 11.6 Å². The summed E-state index contributed by atoms with van der Waals surface area (Å²) in [6.45, 7) is 1.97. The van der Waals surface area contributed by atoms with Crippen LogP contribution in [0.1, 0.15) is 22.0 Å². The molecule has 1 unspecified atom stereocenters. The Labute approximate surface area is 110 Å². The van der Waals surface area contributed by atoms with Crippen molar-refractivity contribution in [2.45, 2.75) is 13.0 Å². The van der Waals surface area contributed by atoms with Gasteiger partial charge in [-0.3, -0.25) is 0 Å². The summed E-state index contributed by atoms with van der Waals surface area (Å²) >= 11 is 4.62. The molecule has 0 fully saturated rings. The van der Waals surface area contributed by atoms with Gasteiger partial charge >= 0.3 is 0 Å². The first-order valence-electron chi connectivity index (χ1n) is 4.94. The van der Waals surface area contributed by atoms with Crippen molar-refractivity contribution in [1.82, 2.24) is 0 Å². The lowest BCUT2D eigenvalue weighted by Crippen LogP contribution is -2.12. The molecule has 0 aliphatic heterocycles. The predicted octanol–water partition coefficient (Wildman–Crippen LogP) is 4.15. The van der Waals surface area contributed by atoms with Gasteiger partial charge in [-0.25, -0.2) is 8.78 Å². The Morgan fingerprint density at radius 2 is 2.06 bits per heavy atom. The molecule has 90 valence electrons. The van der Waals surface area contributed by atoms with Crippen molar-refractivity contribution < 1.29 is 8.78 Å². The van der Waals surface area contributed by atoms with Gasteiger partial charge in [0.25, 0.3) is 0 Å². The van der Waals surface area contributed by atoms with Crippen molar-refractivity contribution in [1.29, 1.82) is 0 Å². The van der Waals surface area contributed by atoms with E-state index in [-0.39, 0.29) is 4.47 Å². The lowest BCUT2D eigenvalue weighted by Gasteiger charge is -2.13. The Balaban J connectivity index is 2.44. The van der Waals surface area contributed by atoms with Gasteiger partial charge < -0.3 is 5.73 Å². The second-order valence-electron chi connectivity index (χ2n) is 3.73. The first-order chi connectivity index (χ1) is 8.00. The Bertz CT molecular complexity index is 553. The van der Waals surface area contributed by atoms with Gasteiger partial charge in [-0.1, -0.05) is 6.07 Å². The Morgan fingerprint density at radius 3 is 2.65 bits per heavy atom. The zero-order valence-corrected chi connectivity index (χ0v) is 11.4. The number of aryl methyl sites for hydroxylation is 1. The van der Waals surface area contributed by atoms with Crippen LogP contribution < -0.4 is 5.73 Å². The molecular formula is C12H10BrF2NS. The third kappa shape index (κ3) is 2.41. The van der Waals surface area contributed by atoms with Crippen molar-refractivity contribution in [2.75, 3.05) is 0 Å². The third-order valence-corrected chi connectivity index (χ3v) is 4.20. The Kier molecular flexibility index (Phi) is 3.61. The molecule has 1 atom stereocenters. The van der Waals surface area contributed by atoms with E-state index in [1.807, 2.05) is 18.4 Å². The molecule has 5 heteroatoms. The zero-order valence-electron chi connectivity index (χ0n) is 9.01. The van der Waals surface area contributed by atoms with Gasteiger partial charge in [0.1, 0.15) is 0 Å². The van der Waals surface area contributed by atoms with Gasteiger partial charge in [0.05, 0.1) is 10.5 Å². The molecule has 2 N–H and O–H groups in total. The maximum absolute atomic E-state index is 13.4. The molecule has 1 heterocycles. The molecule has 1 aromatic heterocycles.